The molecule has 0 aliphatic rings. The quantitative estimate of drug-likeness (QED) is 0.370. The van der Waals surface area contributed by atoms with E-state index >= 15 is 0 Å². The summed E-state index contributed by atoms with van der Waals surface area (Å²) in [7, 11) is 1.71. The molecule has 0 aliphatic heterocycles. The zero-order valence-corrected chi connectivity index (χ0v) is 11.0. The molecule has 1 atom stereocenters. The van der Waals surface area contributed by atoms with Gasteiger partial charge in [-0.3, -0.25) is 4.79 Å². The van der Waals surface area contributed by atoms with Gasteiger partial charge in [-0.1, -0.05) is 12.1 Å². The second-order valence-electron chi connectivity index (χ2n) is 4.04. The Morgan fingerprint density at radius 1 is 1.71 bits per heavy atom. The zero-order valence-electron chi connectivity index (χ0n) is 10.2. The van der Waals surface area contributed by atoms with Crippen LogP contribution in [0.25, 0.3) is 0 Å². The Labute approximate surface area is 105 Å². The molecule has 0 radical (unpaired) electrons. The van der Waals surface area contributed by atoms with E-state index in [0.717, 1.165) is 10.4 Å². The summed E-state index contributed by atoms with van der Waals surface area (Å²) in [5.74, 6) is -0.0724. The van der Waals surface area contributed by atoms with Gasteiger partial charge < -0.3 is 15.8 Å². The van der Waals surface area contributed by atoms with Crippen LogP contribution in [0.2, 0.25) is 0 Å². The number of aryl methyl sites for hydroxylation is 1. The molecule has 17 heavy (non-hydrogen) atoms. The number of hydrogen-bond acceptors (Lipinski definition) is 4. The Morgan fingerprint density at radius 2 is 2.35 bits per heavy atom. The molecular weight excluding hydrogens is 238 g/mol. The first kappa shape index (κ1) is 13.5. The van der Waals surface area contributed by atoms with E-state index in [0.29, 0.717) is 6.54 Å². The molecule has 1 rings (SSSR count). The maximum absolute atomic E-state index is 12.1. The molecule has 0 aromatic carbocycles. The van der Waals surface area contributed by atoms with Gasteiger partial charge in [-0.15, -0.1) is 11.3 Å². The topological polar surface area (TPSA) is 78.9 Å². The normalized spacial score (nSPS) is 13.5. The standard InChI is InChI=1S/C11H17N3O2S/c1-7-4-5-17-9(7)11(15)14(3)6-8(2)10(12)13-16/h4-5,8,16H,6H2,1-3H3,(H2,12,13). The van der Waals surface area contributed by atoms with Crippen LogP contribution in [0.5, 0.6) is 0 Å². The van der Waals surface area contributed by atoms with Crippen molar-refractivity contribution < 1.29 is 10.0 Å². The van der Waals surface area contributed by atoms with E-state index in [1.54, 1.807) is 18.9 Å². The van der Waals surface area contributed by atoms with Crippen molar-refractivity contribution >= 4 is 23.1 Å². The third-order valence-electron chi connectivity index (χ3n) is 2.57. The van der Waals surface area contributed by atoms with Crippen LogP contribution < -0.4 is 5.73 Å². The number of hydrogen-bond donors (Lipinski definition) is 2. The van der Waals surface area contributed by atoms with Crippen molar-refractivity contribution in [3.63, 3.8) is 0 Å². The Bertz CT molecular complexity index is 428. The molecule has 0 fully saturated rings. The fourth-order valence-electron chi connectivity index (χ4n) is 1.45. The molecule has 94 valence electrons. The van der Waals surface area contributed by atoms with Gasteiger partial charge in [-0.25, -0.2) is 0 Å². The van der Waals surface area contributed by atoms with E-state index in [1.165, 1.54) is 11.3 Å². The highest BCUT2D eigenvalue weighted by atomic mass is 32.1. The minimum Gasteiger partial charge on any atom is -0.409 e. The summed E-state index contributed by atoms with van der Waals surface area (Å²) in [6.45, 7) is 4.14. The van der Waals surface area contributed by atoms with E-state index in [1.807, 2.05) is 18.4 Å². The molecule has 0 spiro atoms. The SMILES string of the molecule is Cc1ccsc1C(=O)N(C)CC(C)C(N)=NO. The van der Waals surface area contributed by atoms with Crippen LogP contribution in [0, 0.1) is 12.8 Å². The fourth-order valence-corrected chi connectivity index (χ4v) is 2.37. The molecular formula is C11H17N3O2S. The smallest absolute Gasteiger partial charge is 0.263 e. The summed E-state index contributed by atoms with van der Waals surface area (Å²) in [5, 5.41) is 13.4. The molecule has 0 saturated carbocycles. The molecule has 5 nitrogen and oxygen atoms in total. The Kier molecular flexibility index (Phi) is 4.51. The van der Waals surface area contributed by atoms with E-state index in [-0.39, 0.29) is 17.7 Å². The lowest BCUT2D eigenvalue weighted by atomic mass is 10.1. The van der Waals surface area contributed by atoms with Gasteiger partial charge in [-0.2, -0.15) is 0 Å². The minimum absolute atomic E-state index is 0.0323. The van der Waals surface area contributed by atoms with Gasteiger partial charge in [0.05, 0.1) is 4.88 Å². The van der Waals surface area contributed by atoms with Gasteiger partial charge in [0, 0.05) is 19.5 Å². The van der Waals surface area contributed by atoms with Crippen LogP contribution in [0.1, 0.15) is 22.2 Å². The number of nitrogens with zero attached hydrogens (tertiary/aromatic N) is 2. The number of carbonyl (C=O) groups excluding carboxylic acids is 1. The number of amidine groups is 1. The van der Waals surface area contributed by atoms with Crippen molar-refractivity contribution in [2.45, 2.75) is 13.8 Å². The number of rotatable bonds is 4. The Morgan fingerprint density at radius 3 is 2.82 bits per heavy atom. The second kappa shape index (κ2) is 5.67. The first-order chi connectivity index (χ1) is 7.97. The fraction of sp³-hybridized carbons (Fsp3) is 0.455. The number of nitrogens with two attached hydrogens (primary N) is 1. The Hall–Kier alpha value is -1.56. The molecule has 1 aromatic rings. The van der Waals surface area contributed by atoms with Gasteiger partial charge in [0.1, 0.15) is 5.84 Å². The highest BCUT2D eigenvalue weighted by Gasteiger charge is 2.18. The summed E-state index contributed by atoms with van der Waals surface area (Å²) in [4.78, 5) is 14.4. The largest absolute Gasteiger partial charge is 0.409 e. The number of oxime groups is 1. The van der Waals surface area contributed by atoms with Crippen LogP contribution in [-0.4, -0.2) is 35.4 Å². The van der Waals surface area contributed by atoms with Gasteiger partial charge in [0.2, 0.25) is 0 Å². The molecule has 1 aromatic heterocycles. The van der Waals surface area contributed by atoms with Crippen molar-refractivity contribution in [1.29, 1.82) is 0 Å². The highest BCUT2D eigenvalue weighted by molar-refractivity contribution is 7.12. The maximum atomic E-state index is 12.1. The third kappa shape index (κ3) is 3.20. The molecule has 1 heterocycles. The van der Waals surface area contributed by atoms with Gasteiger partial charge in [0.15, 0.2) is 0 Å². The van der Waals surface area contributed by atoms with Crippen LogP contribution in [0.4, 0.5) is 0 Å². The molecule has 1 unspecified atom stereocenters. The average molecular weight is 255 g/mol. The summed E-state index contributed by atoms with van der Waals surface area (Å²) in [5.41, 5.74) is 6.45. The summed E-state index contributed by atoms with van der Waals surface area (Å²) >= 11 is 1.43. The van der Waals surface area contributed by atoms with Crippen molar-refractivity contribution in [2.75, 3.05) is 13.6 Å². The average Bonchev–Trinajstić information content (AvgIpc) is 2.73. The van der Waals surface area contributed by atoms with Crippen molar-refractivity contribution in [3.8, 4) is 0 Å². The predicted molar refractivity (Wildman–Crippen MR) is 68.6 cm³/mol. The maximum Gasteiger partial charge on any atom is 0.263 e. The Balaban J connectivity index is 2.69. The van der Waals surface area contributed by atoms with E-state index in [9.17, 15) is 4.79 Å². The van der Waals surface area contributed by atoms with Crippen molar-refractivity contribution in [2.24, 2.45) is 16.8 Å². The first-order valence-corrected chi connectivity index (χ1v) is 6.12. The summed E-state index contributed by atoms with van der Waals surface area (Å²) in [6.07, 6.45) is 0. The van der Waals surface area contributed by atoms with Crippen molar-refractivity contribution in [1.82, 2.24) is 4.90 Å². The summed E-state index contributed by atoms with van der Waals surface area (Å²) in [6, 6.07) is 1.92. The van der Waals surface area contributed by atoms with Crippen molar-refractivity contribution in [3.05, 3.63) is 21.9 Å². The predicted octanol–water partition coefficient (Wildman–Crippen LogP) is 1.51. The van der Waals surface area contributed by atoms with E-state index < -0.39 is 0 Å². The minimum atomic E-state index is -0.172. The van der Waals surface area contributed by atoms with Gasteiger partial charge in [0.25, 0.3) is 5.91 Å². The monoisotopic (exact) mass is 255 g/mol. The van der Waals surface area contributed by atoms with Crippen LogP contribution in [-0.2, 0) is 0 Å². The highest BCUT2D eigenvalue weighted by Crippen LogP contribution is 2.17. The molecule has 0 bridgehead atoms. The van der Waals surface area contributed by atoms with E-state index in [4.69, 9.17) is 10.9 Å². The van der Waals surface area contributed by atoms with Gasteiger partial charge in [-0.05, 0) is 23.9 Å². The molecule has 0 aliphatic carbocycles. The first-order valence-electron chi connectivity index (χ1n) is 5.24. The number of amides is 1. The lowest BCUT2D eigenvalue weighted by Gasteiger charge is -2.20. The lowest BCUT2D eigenvalue weighted by molar-refractivity contribution is 0.0790. The zero-order chi connectivity index (χ0) is 13.0. The third-order valence-corrected chi connectivity index (χ3v) is 3.58. The van der Waals surface area contributed by atoms with Crippen LogP contribution in [0.3, 0.4) is 0 Å². The molecule has 0 saturated heterocycles. The number of thiophene rings is 1. The van der Waals surface area contributed by atoms with Gasteiger partial charge >= 0.3 is 0 Å². The second-order valence-corrected chi connectivity index (χ2v) is 4.96. The lowest BCUT2D eigenvalue weighted by Crippen LogP contribution is -2.36. The molecule has 3 N–H and O–H groups in total. The van der Waals surface area contributed by atoms with Crippen LogP contribution >= 0.6 is 11.3 Å². The molecule has 1 amide bonds. The number of carbonyl (C=O) groups is 1. The summed E-state index contributed by atoms with van der Waals surface area (Å²) < 4.78 is 0. The van der Waals surface area contributed by atoms with Crippen LogP contribution in [0.15, 0.2) is 16.6 Å². The molecule has 6 heteroatoms. The van der Waals surface area contributed by atoms with E-state index in [2.05, 4.69) is 5.16 Å².